The van der Waals surface area contributed by atoms with E-state index in [9.17, 15) is 14.0 Å². The fourth-order valence-corrected chi connectivity index (χ4v) is 3.30. The van der Waals surface area contributed by atoms with Crippen LogP contribution in [0.15, 0.2) is 48.5 Å². The average molecular weight is 410 g/mol. The van der Waals surface area contributed by atoms with E-state index in [0.29, 0.717) is 36.6 Å². The summed E-state index contributed by atoms with van der Waals surface area (Å²) in [6.07, 6.45) is 1.75. The number of nitrogens with zero attached hydrogens (tertiary/aromatic N) is 2. The number of nitrogens with one attached hydrogen (secondary N) is 2. The maximum absolute atomic E-state index is 13.2. The molecule has 1 unspecified atom stereocenters. The maximum Gasteiger partial charge on any atom is 0.319 e. The van der Waals surface area contributed by atoms with Crippen LogP contribution in [0.1, 0.15) is 18.4 Å². The molecule has 0 spiro atoms. The number of anilines is 1. The number of hydrogen-bond acceptors (Lipinski definition) is 4. The molecule has 7 nitrogen and oxygen atoms in total. The van der Waals surface area contributed by atoms with Gasteiger partial charge in [0.2, 0.25) is 0 Å². The fraction of sp³-hybridized carbons (Fsp3) is 0.318. The van der Waals surface area contributed by atoms with Gasteiger partial charge in [0.05, 0.1) is 11.6 Å². The van der Waals surface area contributed by atoms with E-state index < -0.39 is 11.8 Å². The number of amides is 3. The molecule has 2 aromatic rings. The van der Waals surface area contributed by atoms with Gasteiger partial charge < -0.3 is 20.3 Å². The Morgan fingerprint density at radius 3 is 2.77 bits per heavy atom. The van der Waals surface area contributed by atoms with Crippen LogP contribution in [0, 0.1) is 23.1 Å². The van der Waals surface area contributed by atoms with Crippen molar-refractivity contribution in [1.29, 1.82) is 5.26 Å². The Hall–Kier alpha value is -3.60. The van der Waals surface area contributed by atoms with E-state index in [-0.39, 0.29) is 18.4 Å². The SMILES string of the molecule is N#Cc1ccc(OCC(=O)N2CCCC(CNC(=O)Nc3cccc(F)c3)C2)cc1. The lowest BCUT2D eigenvalue weighted by Crippen LogP contribution is -2.45. The zero-order valence-corrected chi connectivity index (χ0v) is 16.4. The number of hydrogen-bond donors (Lipinski definition) is 2. The van der Waals surface area contributed by atoms with Gasteiger partial charge in [0, 0.05) is 25.3 Å². The van der Waals surface area contributed by atoms with Crippen molar-refractivity contribution in [2.75, 3.05) is 31.6 Å². The number of benzene rings is 2. The maximum atomic E-state index is 13.2. The molecule has 1 atom stereocenters. The summed E-state index contributed by atoms with van der Waals surface area (Å²) < 4.78 is 18.7. The Balaban J connectivity index is 1.42. The molecule has 0 saturated carbocycles. The van der Waals surface area contributed by atoms with Gasteiger partial charge in [-0.05, 0) is 61.2 Å². The number of carbonyl (C=O) groups is 2. The topological polar surface area (TPSA) is 94.5 Å². The summed E-state index contributed by atoms with van der Waals surface area (Å²) in [5, 5.41) is 14.2. The van der Waals surface area contributed by atoms with Crippen LogP contribution < -0.4 is 15.4 Å². The van der Waals surface area contributed by atoms with Crippen LogP contribution in [0.4, 0.5) is 14.9 Å². The molecule has 1 aliphatic rings. The lowest BCUT2D eigenvalue weighted by Gasteiger charge is -2.32. The molecule has 0 bridgehead atoms. The third-order valence-corrected chi connectivity index (χ3v) is 4.85. The third kappa shape index (κ3) is 6.21. The lowest BCUT2D eigenvalue weighted by atomic mass is 9.98. The molecule has 3 rings (SSSR count). The van der Waals surface area contributed by atoms with Crippen LogP contribution >= 0.6 is 0 Å². The Morgan fingerprint density at radius 2 is 2.03 bits per heavy atom. The van der Waals surface area contributed by atoms with Gasteiger partial charge >= 0.3 is 6.03 Å². The van der Waals surface area contributed by atoms with Crippen molar-refractivity contribution in [2.45, 2.75) is 12.8 Å². The minimum atomic E-state index is -0.419. The van der Waals surface area contributed by atoms with E-state index in [0.717, 1.165) is 12.8 Å². The number of rotatable bonds is 6. The number of urea groups is 1. The zero-order valence-electron chi connectivity index (χ0n) is 16.4. The minimum Gasteiger partial charge on any atom is -0.484 e. The Morgan fingerprint density at radius 1 is 1.23 bits per heavy atom. The molecule has 1 aliphatic heterocycles. The van der Waals surface area contributed by atoms with E-state index in [1.165, 1.54) is 18.2 Å². The van der Waals surface area contributed by atoms with Gasteiger partial charge in [-0.15, -0.1) is 0 Å². The lowest BCUT2D eigenvalue weighted by molar-refractivity contribution is -0.135. The Bertz CT molecular complexity index is 927. The molecule has 3 amide bonds. The van der Waals surface area contributed by atoms with Gasteiger partial charge in [0.1, 0.15) is 11.6 Å². The number of carbonyl (C=O) groups excluding carboxylic acids is 2. The number of likely N-dealkylation sites (tertiary alicyclic amines) is 1. The summed E-state index contributed by atoms with van der Waals surface area (Å²) >= 11 is 0. The van der Waals surface area contributed by atoms with Crippen molar-refractivity contribution < 1.29 is 18.7 Å². The van der Waals surface area contributed by atoms with Crippen LogP contribution in [0.2, 0.25) is 0 Å². The van der Waals surface area contributed by atoms with Crippen LogP contribution in [0.5, 0.6) is 5.75 Å². The van der Waals surface area contributed by atoms with Gasteiger partial charge in [-0.3, -0.25) is 4.79 Å². The molecule has 1 saturated heterocycles. The fourth-order valence-electron chi connectivity index (χ4n) is 3.30. The Kier molecular flexibility index (Phi) is 7.22. The predicted molar refractivity (Wildman–Crippen MR) is 109 cm³/mol. The predicted octanol–water partition coefficient (Wildman–Crippen LogP) is 3.14. The minimum absolute atomic E-state index is 0.0773. The second-order valence-corrected chi connectivity index (χ2v) is 7.12. The van der Waals surface area contributed by atoms with Crippen LogP contribution in [0.25, 0.3) is 0 Å². The molecular weight excluding hydrogens is 387 g/mol. The van der Waals surface area contributed by atoms with Gasteiger partial charge in [-0.2, -0.15) is 5.26 Å². The number of nitriles is 1. The molecule has 0 aliphatic carbocycles. The molecule has 156 valence electrons. The van der Waals surface area contributed by atoms with Crippen molar-refractivity contribution in [3.05, 3.63) is 59.9 Å². The highest BCUT2D eigenvalue weighted by molar-refractivity contribution is 5.89. The van der Waals surface area contributed by atoms with Crippen molar-refractivity contribution in [2.24, 2.45) is 5.92 Å². The second kappa shape index (κ2) is 10.3. The Labute approximate surface area is 174 Å². The van der Waals surface area contributed by atoms with Crippen molar-refractivity contribution in [1.82, 2.24) is 10.2 Å². The quantitative estimate of drug-likeness (QED) is 0.765. The molecule has 1 heterocycles. The van der Waals surface area contributed by atoms with E-state index in [1.807, 2.05) is 6.07 Å². The molecule has 1 fully saturated rings. The first-order valence-electron chi connectivity index (χ1n) is 9.74. The van der Waals surface area contributed by atoms with Crippen molar-refractivity contribution in [3.8, 4) is 11.8 Å². The second-order valence-electron chi connectivity index (χ2n) is 7.12. The van der Waals surface area contributed by atoms with Crippen LogP contribution in [0.3, 0.4) is 0 Å². The molecule has 30 heavy (non-hydrogen) atoms. The van der Waals surface area contributed by atoms with Crippen molar-refractivity contribution in [3.63, 3.8) is 0 Å². The normalized spacial score (nSPS) is 15.7. The smallest absolute Gasteiger partial charge is 0.319 e. The highest BCUT2D eigenvalue weighted by atomic mass is 19.1. The van der Waals surface area contributed by atoms with Gasteiger partial charge in [0.25, 0.3) is 5.91 Å². The highest BCUT2D eigenvalue weighted by Gasteiger charge is 2.24. The van der Waals surface area contributed by atoms with Gasteiger partial charge in [0.15, 0.2) is 6.61 Å². The first-order chi connectivity index (χ1) is 14.5. The standard InChI is InChI=1S/C22H23FN4O3/c23-18-4-1-5-19(11-18)26-22(29)25-13-17-3-2-10-27(14-17)21(28)15-30-20-8-6-16(12-24)7-9-20/h1,4-9,11,17H,2-3,10,13-15H2,(H2,25,26,29). The summed E-state index contributed by atoms with van der Waals surface area (Å²) in [7, 11) is 0. The number of piperidine rings is 1. The van der Waals surface area contributed by atoms with E-state index in [4.69, 9.17) is 10.00 Å². The summed E-state index contributed by atoms with van der Waals surface area (Å²) in [6.45, 7) is 1.53. The van der Waals surface area contributed by atoms with E-state index >= 15 is 0 Å². The van der Waals surface area contributed by atoms with Crippen LogP contribution in [-0.2, 0) is 4.79 Å². The first kappa shape index (κ1) is 21.1. The summed E-state index contributed by atoms with van der Waals surface area (Å²) in [4.78, 5) is 26.2. The molecule has 0 aromatic heterocycles. The molecule has 2 N–H and O–H groups in total. The van der Waals surface area contributed by atoms with Crippen LogP contribution in [-0.4, -0.2) is 43.1 Å². The average Bonchev–Trinajstić information content (AvgIpc) is 2.76. The van der Waals surface area contributed by atoms with E-state index in [1.54, 1.807) is 35.2 Å². The summed E-state index contributed by atoms with van der Waals surface area (Å²) in [5.74, 6) is 0.133. The van der Waals surface area contributed by atoms with Gasteiger partial charge in [-0.25, -0.2) is 9.18 Å². The molecular formula is C22H23FN4O3. The zero-order chi connectivity index (χ0) is 21.3. The van der Waals surface area contributed by atoms with E-state index in [2.05, 4.69) is 10.6 Å². The summed E-state index contributed by atoms with van der Waals surface area (Å²) in [5.41, 5.74) is 0.911. The number of halogens is 1. The molecule has 2 aromatic carbocycles. The largest absolute Gasteiger partial charge is 0.484 e. The third-order valence-electron chi connectivity index (χ3n) is 4.85. The summed E-state index contributed by atoms with van der Waals surface area (Å²) in [6, 6.07) is 13.9. The number of ether oxygens (including phenoxy) is 1. The monoisotopic (exact) mass is 410 g/mol. The molecule has 8 heteroatoms. The van der Waals surface area contributed by atoms with Crippen molar-refractivity contribution >= 4 is 17.6 Å². The highest BCUT2D eigenvalue weighted by Crippen LogP contribution is 2.17. The van der Waals surface area contributed by atoms with Gasteiger partial charge in [-0.1, -0.05) is 6.07 Å². The molecule has 0 radical (unpaired) electrons. The first-order valence-corrected chi connectivity index (χ1v) is 9.74.